The first-order valence-electron chi connectivity index (χ1n) is 4.85. The Bertz CT molecular complexity index is 500. The van der Waals surface area contributed by atoms with Gasteiger partial charge < -0.3 is 0 Å². The first-order chi connectivity index (χ1) is 7.63. The van der Waals surface area contributed by atoms with Gasteiger partial charge in [-0.15, -0.1) is 0 Å². The van der Waals surface area contributed by atoms with Crippen molar-refractivity contribution in [2.75, 3.05) is 0 Å². The Morgan fingerprint density at radius 2 is 2.19 bits per heavy atom. The van der Waals surface area contributed by atoms with Crippen molar-refractivity contribution in [3.05, 3.63) is 28.9 Å². The maximum absolute atomic E-state index is 13.3. The van der Waals surface area contributed by atoms with Gasteiger partial charge in [0.05, 0.1) is 5.69 Å². The van der Waals surface area contributed by atoms with Gasteiger partial charge in [-0.1, -0.05) is 11.6 Å². The molecule has 0 aromatic carbocycles. The molecule has 2 heterocycles. The van der Waals surface area contributed by atoms with E-state index < -0.39 is 5.82 Å². The van der Waals surface area contributed by atoms with Gasteiger partial charge in [0.25, 0.3) is 0 Å². The number of rotatable bonds is 2. The highest BCUT2D eigenvalue weighted by molar-refractivity contribution is 6.29. The van der Waals surface area contributed by atoms with Gasteiger partial charge in [-0.25, -0.2) is 14.4 Å². The van der Waals surface area contributed by atoms with Crippen LogP contribution in [0.3, 0.4) is 0 Å². The molecule has 0 fully saturated rings. The number of nitrogens with zero attached hydrogens (tertiary/aromatic N) is 4. The molecule has 2 aromatic heterocycles. The molecule has 0 radical (unpaired) electrons. The molecule has 0 atom stereocenters. The van der Waals surface area contributed by atoms with Crippen LogP contribution in [0.15, 0.2) is 12.3 Å². The van der Waals surface area contributed by atoms with E-state index in [0.29, 0.717) is 12.4 Å². The fraction of sp³-hybridized carbons (Fsp3) is 0.300. The largest absolute Gasteiger partial charge is 0.262 e. The fourth-order valence-electron chi connectivity index (χ4n) is 1.41. The number of aryl methyl sites for hydroxylation is 2. The Balaban J connectivity index is 2.57. The molecule has 16 heavy (non-hydrogen) atoms. The highest BCUT2D eigenvalue weighted by Gasteiger charge is 2.13. The summed E-state index contributed by atoms with van der Waals surface area (Å²) in [5, 5.41) is 3.93. The van der Waals surface area contributed by atoms with E-state index in [1.165, 1.54) is 0 Å². The molecule has 0 aliphatic carbocycles. The monoisotopic (exact) mass is 240 g/mol. The van der Waals surface area contributed by atoms with Crippen molar-refractivity contribution < 1.29 is 4.39 Å². The maximum atomic E-state index is 13.3. The van der Waals surface area contributed by atoms with E-state index in [4.69, 9.17) is 11.6 Å². The van der Waals surface area contributed by atoms with Gasteiger partial charge in [0.2, 0.25) is 0 Å². The molecule has 0 aliphatic heterocycles. The minimum atomic E-state index is -0.576. The molecular weight excluding hydrogens is 231 g/mol. The standard InChI is InChI=1S/C10H10ClFN4/c1-3-16-7(4-5-13-16)10-14-6(2)8(12)9(11)15-10/h4-5H,3H2,1-2H3. The zero-order valence-electron chi connectivity index (χ0n) is 8.91. The van der Waals surface area contributed by atoms with Crippen LogP contribution in [0.2, 0.25) is 5.15 Å². The van der Waals surface area contributed by atoms with Gasteiger partial charge in [-0.2, -0.15) is 5.10 Å². The van der Waals surface area contributed by atoms with Crippen LogP contribution in [0.25, 0.3) is 11.5 Å². The lowest BCUT2D eigenvalue weighted by Crippen LogP contribution is -2.04. The van der Waals surface area contributed by atoms with Crippen molar-refractivity contribution in [3.63, 3.8) is 0 Å². The van der Waals surface area contributed by atoms with E-state index in [1.54, 1.807) is 23.9 Å². The third-order valence-electron chi connectivity index (χ3n) is 2.22. The van der Waals surface area contributed by atoms with E-state index in [-0.39, 0.29) is 10.8 Å². The Morgan fingerprint density at radius 1 is 1.44 bits per heavy atom. The number of hydrogen-bond donors (Lipinski definition) is 0. The molecule has 2 rings (SSSR count). The first-order valence-corrected chi connectivity index (χ1v) is 5.23. The third-order valence-corrected chi connectivity index (χ3v) is 2.47. The molecule has 0 spiro atoms. The third kappa shape index (κ3) is 1.78. The molecule has 4 nitrogen and oxygen atoms in total. The van der Waals surface area contributed by atoms with Crippen LogP contribution in [0.1, 0.15) is 12.6 Å². The van der Waals surface area contributed by atoms with Gasteiger partial charge in [0.15, 0.2) is 16.8 Å². The molecule has 0 saturated heterocycles. The molecule has 0 saturated carbocycles. The van der Waals surface area contributed by atoms with Crippen molar-refractivity contribution in [1.29, 1.82) is 0 Å². The second-order valence-electron chi connectivity index (χ2n) is 3.27. The van der Waals surface area contributed by atoms with Crippen LogP contribution in [0, 0.1) is 12.7 Å². The van der Waals surface area contributed by atoms with Crippen LogP contribution in [0.5, 0.6) is 0 Å². The highest BCUT2D eigenvalue weighted by atomic mass is 35.5. The highest BCUT2D eigenvalue weighted by Crippen LogP contribution is 2.20. The summed E-state index contributed by atoms with van der Waals surface area (Å²) in [7, 11) is 0. The molecule has 6 heteroatoms. The van der Waals surface area contributed by atoms with Crippen molar-refractivity contribution in [2.45, 2.75) is 20.4 Å². The predicted octanol–water partition coefficient (Wildman–Crippen LogP) is 2.46. The molecule has 0 unspecified atom stereocenters. The zero-order chi connectivity index (χ0) is 11.7. The van der Waals surface area contributed by atoms with Crippen LogP contribution in [-0.4, -0.2) is 19.7 Å². The smallest absolute Gasteiger partial charge is 0.181 e. The van der Waals surface area contributed by atoms with Crippen molar-refractivity contribution in [1.82, 2.24) is 19.7 Å². The normalized spacial score (nSPS) is 10.8. The second-order valence-corrected chi connectivity index (χ2v) is 3.63. The zero-order valence-corrected chi connectivity index (χ0v) is 9.66. The Labute approximate surface area is 97.1 Å². The molecular formula is C10H10ClFN4. The quantitative estimate of drug-likeness (QED) is 0.758. The van der Waals surface area contributed by atoms with Crippen LogP contribution >= 0.6 is 11.6 Å². The topological polar surface area (TPSA) is 43.6 Å². The number of halogens is 2. The Morgan fingerprint density at radius 3 is 2.81 bits per heavy atom. The van der Waals surface area contributed by atoms with Crippen LogP contribution in [0.4, 0.5) is 4.39 Å². The van der Waals surface area contributed by atoms with E-state index >= 15 is 0 Å². The van der Waals surface area contributed by atoms with Gasteiger partial charge >= 0.3 is 0 Å². The fourth-order valence-corrected chi connectivity index (χ4v) is 1.63. The van der Waals surface area contributed by atoms with Crippen molar-refractivity contribution in [2.24, 2.45) is 0 Å². The first kappa shape index (κ1) is 11.0. The minimum absolute atomic E-state index is 0.161. The van der Waals surface area contributed by atoms with Crippen LogP contribution < -0.4 is 0 Å². The van der Waals surface area contributed by atoms with E-state index in [1.807, 2.05) is 6.92 Å². The Hall–Kier alpha value is -1.49. The summed E-state index contributed by atoms with van der Waals surface area (Å²) in [4.78, 5) is 7.96. The van der Waals surface area contributed by atoms with Gasteiger partial charge in [0, 0.05) is 12.7 Å². The molecule has 0 aliphatic rings. The van der Waals surface area contributed by atoms with Crippen molar-refractivity contribution >= 4 is 11.6 Å². The average molecular weight is 241 g/mol. The molecule has 0 N–H and O–H groups in total. The number of aromatic nitrogens is 4. The molecule has 84 valence electrons. The lowest BCUT2D eigenvalue weighted by Gasteiger charge is -2.05. The SMILES string of the molecule is CCn1nccc1-c1nc(C)c(F)c(Cl)n1. The summed E-state index contributed by atoms with van der Waals surface area (Å²) in [6.45, 7) is 4.20. The second kappa shape index (κ2) is 4.17. The lowest BCUT2D eigenvalue weighted by molar-refractivity contribution is 0.601. The molecule has 0 bridgehead atoms. The number of hydrogen-bond acceptors (Lipinski definition) is 3. The van der Waals surface area contributed by atoms with Crippen LogP contribution in [-0.2, 0) is 6.54 Å². The van der Waals surface area contributed by atoms with E-state index in [2.05, 4.69) is 15.1 Å². The lowest BCUT2D eigenvalue weighted by atomic mass is 10.3. The van der Waals surface area contributed by atoms with Gasteiger partial charge in [-0.3, -0.25) is 4.68 Å². The summed E-state index contributed by atoms with van der Waals surface area (Å²) in [5.41, 5.74) is 0.964. The summed E-state index contributed by atoms with van der Waals surface area (Å²) in [6.07, 6.45) is 1.65. The average Bonchev–Trinajstić information content (AvgIpc) is 2.73. The van der Waals surface area contributed by atoms with E-state index in [0.717, 1.165) is 5.69 Å². The Kier molecular flexibility index (Phi) is 2.87. The summed E-state index contributed by atoms with van der Waals surface area (Å²) < 4.78 is 15.0. The van der Waals surface area contributed by atoms with E-state index in [9.17, 15) is 4.39 Å². The maximum Gasteiger partial charge on any atom is 0.181 e. The minimum Gasteiger partial charge on any atom is -0.262 e. The molecule has 0 amide bonds. The summed E-state index contributed by atoms with van der Waals surface area (Å²) in [6, 6.07) is 1.77. The summed E-state index contributed by atoms with van der Waals surface area (Å²) >= 11 is 5.68. The predicted molar refractivity (Wildman–Crippen MR) is 58.6 cm³/mol. The van der Waals surface area contributed by atoms with Gasteiger partial charge in [0.1, 0.15) is 5.69 Å². The van der Waals surface area contributed by atoms with Crippen molar-refractivity contribution in [3.8, 4) is 11.5 Å². The summed E-state index contributed by atoms with van der Waals surface area (Å²) in [5.74, 6) is -0.184. The van der Waals surface area contributed by atoms with Gasteiger partial charge in [-0.05, 0) is 19.9 Å². The molecule has 2 aromatic rings.